The topological polar surface area (TPSA) is 16.1 Å². The van der Waals surface area contributed by atoms with Gasteiger partial charge in [0.2, 0.25) is 0 Å². The molecule has 1 aromatic heterocycles. The van der Waals surface area contributed by atoms with Crippen molar-refractivity contribution in [1.82, 2.24) is 4.98 Å². The van der Waals surface area contributed by atoms with Gasteiger partial charge in [0.15, 0.2) is 0 Å². The molecule has 0 spiro atoms. The Morgan fingerprint density at radius 1 is 1.10 bits per heavy atom. The first kappa shape index (κ1) is 19.0. The number of fused-ring (bicyclic) bond motifs is 1. The number of pyridine rings is 1. The van der Waals surface area contributed by atoms with Gasteiger partial charge >= 0.3 is 0 Å². The summed E-state index contributed by atoms with van der Waals surface area (Å²) >= 11 is 5.97. The number of aromatic nitrogens is 1. The molecule has 0 fully saturated rings. The highest BCUT2D eigenvalue weighted by molar-refractivity contribution is 6.29. The molecule has 0 radical (unpaired) electrons. The largest absolute Gasteiger partial charge is 0.342 e. The number of hydrogen-bond donors (Lipinski definition) is 0. The molecule has 0 saturated heterocycles. The maximum atomic E-state index is 5.97. The molecule has 0 amide bonds. The van der Waals surface area contributed by atoms with Crippen molar-refractivity contribution in [2.24, 2.45) is 0 Å². The second-order valence-corrected chi connectivity index (χ2v) is 7.46. The zero-order valence-electron chi connectivity index (χ0n) is 16.3. The van der Waals surface area contributed by atoms with Crippen LogP contribution in [0.1, 0.15) is 22.3 Å². The van der Waals surface area contributed by atoms with Crippen LogP contribution in [-0.2, 0) is 6.54 Å². The Kier molecular flexibility index (Phi) is 5.22. The van der Waals surface area contributed by atoms with Gasteiger partial charge in [-0.05, 0) is 36.3 Å². The summed E-state index contributed by atoms with van der Waals surface area (Å²) in [5.41, 5.74) is 11.5. The third kappa shape index (κ3) is 3.82. The number of nitrogens with zero attached hydrogens (tertiary/aromatic N) is 2. The quantitative estimate of drug-likeness (QED) is 0.355. The normalized spacial score (nSPS) is 12.8. The third-order valence-electron chi connectivity index (χ3n) is 5.05. The van der Waals surface area contributed by atoms with Gasteiger partial charge in [-0.15, -0.1) is 5.73 Å². The van der Waals surface area contributed by atoms with Crippen molar-refractivity contribution in [3.05, 3.63) is 125 Å². The van der Waals surface area contributed by atoms with Crippen LogP contribution in [0, 0.1) is 6.92 Å². The van der Waals surface area contributed by atoms with Crippen LogP contribution in [0.2, 0.25) is 5.15 Å². The zero-order chi connectivity index (χ0) is 20.4. The van der Waals surface area contributed by atoms with E-state index in [9.17, 15) is 0 Å². The van der Waals surface area contributed by atoms with Crippen LogP contribution in [0.5, 0.6) is 0 Å². The van der Waals surface area contributed by atoms with E-state index in [1.165, 1.54) is 11.1 Å². The van der Waals surface area contributed by atoms with Crippen LogP contribution in [-0.4, -0.2) is 4.98 Å². The lowest BCUT2D eigenvalue weighted by Crippen LogP contribution is -2.21. The smallest absolute Gasteiger partial charge is 0.129 e. The lowest BCUT2D eigenvalue weighted by Gasteiger charge is -2.31. The molecule has 1 aliphatic heterocycles. The van der Waals surface area contributed by atoms with E-state index >= 15 is 0 Å². The molecule has 0 saturated carbocycles. The van der Waals surface area contributed by atoms with Crippen molar-refractivity contribution >= 4 is 28.4 Å². The Morgan fingerprint density at radius 3 is 2.66 bits per heavy atom. The number of anilines is 1. The molecule has 142 valence electrons. The predicted octanol–water partition coefficient (Wildman–Crippen LogP) is 6.83. The van der Waals surface area contributed by atoms with Gasteiger partial charge in [-0.3, -0.25) is 0 Å². The van der Waals surface area contributed by atoms with Gasteiger partial charge in [0.05, 0.1) is 0 Å². The summed E-state index contributed by atoms with van der Waals surface area (Å²) in [6.45, 7) is 11.2. The van der Waals surface area contributed by atoms with Gasteiger partial charge in [0.1, 0.15) is 5.15 Å². The summed E-state index contributed by atoms with van der Waals surface area (Å²) in [4.78, 5) is 6.47. The molecule has 2 nitrogen and oxygen atoms in total. The van der Waals surface area contributed by atoms with Gasteiger partial charge in [0.25, 0.3) is 0 Å². The molecule has 0 aliphatic carbocycles. The van der Waals surface area contributed by atoms with Gasteiger partial charge in [-0.25, -0.2) is 4.98 Å². The summed E-state index contributed by atoms with van der Waals surface area (Å²) in [6, 6.07) is 20.6. The molecule has 0 bridgehead atoms. The van der Waals surface area contributed by atoms with E-state index in [0.29, 0.717) is 5.15 Å². The Hall–Kier alpha value is -3.32. The molecular formula is C26H21ClN2. The molecule has 4 rings (SSSR count). The van der Waals surface area contributed by atoms with Crippen LogP contribution in [0.15, 0.2) is 97.5 Å². The van der Waals surface area contributed by atoms with E-state index in [1.54, 1.807) is 12.3 Å². The number of para-hydroxylation sites is 1. The van der Waals surface area contributed by atoms with Gasteiger partial charge in [-0.1, -0.05) is 72.8 Å². The first-order chi connectivity index (χ1) is 14.1. The molecule has 2 heterocycles. The van der Waals surface area contributed by atoms with Crippen molar-refractivity contribution < 1.29 is 0 Å². The Labute approximate surface area is 176 Å². The van der Waals surface area contributed by atoms with Crippen LogP contribution >= 0.6 is 11.6 Å². The Balaban J connectivity index is 1.80. The second kappa shape index (κ2) is 7.97. The van der Waals surface area contributed by atoms with Crippen LogP contribution in [0.3, 0.4) is 0 Å². The monoisotopic (exact) mass is 396 g/mol. The minimum atomic E-state index is 0.458. The van der Waals surface area contributed by atoms with E-state index in [0.717, 1.165) is 40.1 Å². The molecule has 0 N–H and O–H groups in total. The summed E-state index contributed by atoms with van der Waals surface area (Å²) < 4.78 is 0. The summed E-state index contributed by atoms with van der Waals surface area (Å²) in [6.07, 6.45) is 3.88. The second-order valence-electron chi connectivity index (χ2n) is 7.08. The maximum Gasteiger partial charge on any atom is 0.129 e. The van der Waals surface area contributed by atoms with E-state index in [-0.39, 0.29) is 0 Å². The highest BCUT2D eigenvalue weighted by Gasteiger charge is 2.23. The van der Waals surface area contributed by atoms with Gasteiger partial charge in [-0.2, -0.15) is 0 Å². The van der Waals surface area contributed by atoms with Crippen LogP contribution in [0.4, 0.5) is 5.69 Å². The fraction of sp³-hybridized carbons (Fsp3) is 0.0769. The minimum Gasteiger partial charge on any atom is -0.342 e. The fourth-order valence-electron chi connectivity index (χ4n) is 3.66. The number of hydrogen-bond acceptors (Lipinski definition) is 2. The molecule has 0 unspecified atom stereocenters. The lowest BCUT2D eigenvalue weighted by molar-refractivity contribution is 0.953. The Bertz CT molecular complexity index is 1170. The fourth-order valence-corrected chi connectivity index (χ4v) is 3.77. The standard InChI is InChI=1S/C26H21ClN2/c1-4-22(21-12-13-26(27)28-15-21)24-17-29(16-20-9-7-8-18(2)14-20)25-11-6-5-10-23(25)19(24)3/h5-15,17H,1,3,16H2,2H3. The van der Waals surface area contributed by atoms with Crippen molar-refractivity contribution in [2.75, 3.05) is 4.90 Å². The van der Waals surface area contributed by atoms with Crippen LogP contribution < -0.4 is 4.90 Å². The number of aryl methyl sites for hydroxylation is 1. The number of allylic oxidation sites excluding steroid dienone is 3. The van der Waals surface area contributed by atoms with E-state index in [4.69, 9.17) is 11.6 Å². The molecule has 29 heavy (non-hydrogen) atoms. The SMILES string of the molecule is C=C=C(C1=CN(Cc2cccc(C)c2)c2ccccc2C1=C)c1ccc(Cl)nc1. The van der Waals surface area contributed by atoms with Crippen molar-refractivity contribution in [1.29, 1.82) is 0 Å². The zero-order valence-corrected chi connectivity index (χ0v) is 17.1. The first-order valence-corrected chi connectivity index (χ1v) is 9.79. The average Bonchev–Trinajstić information content (AvgIpc) is 2.73. The molecule has 1 aliphatic rings. The average molecular weight is 397 g/mol. The van der Waals surface area contributed by atoms with Crippen molar-refractivity contribution in [3.8, 4) is 0 Å². The molecule has 2 aromatic carbocycles. The van der Waals surface area contributed by atoms with Gasteiger partial charge in [0, 0.05) is 46.9 Å². The highest BCUT2D eigenvalue weighted by atomic mass is 35.5. The van der Waals surface area contributed by atoms with E-state index in [2.05, 4.69) is 84.4 Å². The maximum absolute atomic E-state index is 5.97. The van der Waals surface area contributed by atoms with Gasteiger partial charge < -0.3 is 4.90 Å². The molecule has 0 atom stereocenters. The summed E-state index contributed by atoms with van der Waals surface area (Å²) in [7, 11) is 0. The molecular weight excluding hydrogens is 376 g/mol. The summed E-state index contributed by atoms with van der Waals surface area (Å²) in [5.74, 6) is 0. The number of halogens is 1. The van der Waals surface area contributed by atoms with Crippen LogP contribution in [0.25, 0.3) is 11.1 Å². The molecule has 3 heteroatoms. The lowest BCUT2D eigenvalue weighted by atomic mass is 9.87. The van der Waals surface area contributed by atoms with Crippen molar-refractivity contribution in [2.45, 2.75) is 13.5 Å². The Morgan fingerprint density at radius 2 is 1.93 bits per heavy atom. The van der Waals surface area contributed by atoms with Crippen molar-refractivity contribution in [3.63, 3.8) is 0 Å². The number of rotatable bonds is 4. The minimum absolute atomic E-state index is 0.458. The molecule has 3 aromatic rings. The highest BCUT2D eigenvalue weighted by Crippen LogP contribution is 2.41. The van der Waals surface area contributed by atoms with E-state index in [1.807, 2.05) is 12.1 Å². The number of benzene rings is 2. The van der Waals surface area contributed by atoms with E-state index < -0.39 is 0 Å². The predicted molar refractivity (Wildman–Crippen MR) is 123 cm³/mol. The first-order valence-electron chi connectivity index (χ1n) is 9.42. The third-order valence-corrected chi connectivity index (χ3v) is 5.27. The summed E-state index contributed by atoms with van der Waals surface area (Å²) in [5, 5.41) is 0.458.